The molecule has 3 N–H and O–H groups in total. The number of esters is 1. The molecule has 0 saturated heterocycles. The summed E-state index contributed by atoms with van der Waals surface area (Å²) in [5, 5.41) is 18.4. The fourth-order valence-electron chi connectivity index (χ4n) is 7.65. The van der Waals surface area contributed by atoms with E-state index in [0.29, 0.717) is 6.61 Å². The predicted octanol–water partition coefficient (Wildman–Crippen LogP) is 14.7. The molecule has 0 aliphatic rings. The van der Waals surface area contributed by atoms with Gasteiger partial charge in [0.15, 0.2) is 0 Å². The van der Waals surface area contributed by atoms with Crippen LogP contribution in [-0.4, -0.2) is 66.3 Å². The highest BCUT2D eigenvalue weighted by atomic mass is 31.2. The summed E-state index contributed by atoms with van der Waals surface area (Å²) in [4.78, 5) is 22.7. The second-order valence-corrected chi connectivity index (χ2v) is 19.0. The van der Waals surface area contributed by atoms with Gasteiger partial charge in [-0.2, -0.15) is 0 Å². The molecule has 3 unspecified atom stereocenters. The van der Waals surface area contributed by atoms with Crippen LogP contribution in [0.15, 0.2) is 0 Å². The standard InChI is InChI=1S/C49H99O9P/c1-3-5-7-9-11-13-15-17-19-21-22-23-24-25-26-28-30-32-34-36-38-40-42-55-45-48(46-57-59(53,54)56-44-47(51)43-50)58-49(52)41-39-37-35-33-31-29-27-20-18-16-14-12-10-8-6-4-2/h47-48,50-51H,3-46H2,1-2H3,(H,53,54). The van der Waals surface area contributed by atoms with E-state index < -0.39 is 33.2 Å². The van der Waals surface area contributed by atoms with Crippen molar-refractivity contribution >= 4 is 13.8 Å². The van der Waals surface area contributed by atoms with Crippen LogP contribution >= 0.6 is 7.82 Å². The van der Waals surface area contributed by atoms with E-state index in [1.165, 1.54) is 212 Å². The summed E-state index contributed by atoms with van der Waals surface area (Å²) in [5.41, 5.74) is 0. The minimum absolute atomic E-state index is 0.0587. The molecule has 0 saturated carbocycles. The number of phosphoric acid groups is 1. The molecule has 3 atom stereocenters. The van der Waals surface area contributed by atoms with Gasteiger partial charge in [-0.05, 0) is 12.8 Å². The number of carbonyl (C=O) groups excluding carboxylic acids is 1. The van der Waals surface area contributed by atoms with Crippen molar-refractivity contribution < 1.29 is 43.0 Å². The first-order valence-corrected chi connectivity index (χ1v) is 27.0. The second kappa shape index (κ2) is 47.0. The van der Waals surface area contributed by atoms with Gasteiger partial charge in [-0.15, -0.1) is 0 Å². The van der Waals surface area contributed by atoms with Gasteiger partial charge in [0.05, 0.1) is 26.4 Å². The average molecular weight is 863 g/mol. The van der Waals surface area contributed by atoms with Gasteiger partial charge in [0.25, 0.3) is 0 Å². The van der Waals surface area contributed by atoms with E-state index in [-0.39, 0.29) is 25.6 Å². The second-order valence-electron chi connectivity index (χ2n) is 17.6. The Kier molecular flexibility index (Phi) is 46.5. The Bertz CT molecular complexity index is 892. The van der Waals surface area contributed by atoms with Crippen LogP contribution in [-0.2, 0) is 27.9 Å². The van der Waals surface area contributed by atoms with Crippen LogP contribution in [0.4, 0.5) is 0 Å². The molecule has 0 amide bonds. The zero-order chi connectivity index (χ0) is 43.2. The van der Waals surface area contributed by atoms with Crippen molar-refractivity contribution in [3.8, 4) is 0 Å². The summed E-state index contributed by atoms with van der Waals surface area (Å²) in [7, 11) is -4.51. The van der Waals surface area contributed by atoms with Gasteiger partial charge in [0.1, 0.15) is 12.2 Å². The van der Waals surface area contributed by atoms with E-state index in [4.69, 9.17) is 23.6 Å². The molecule has 0 aliphatic carbocycles. The highest BCUT2D eigenvalue weighted by molar-refractivity contribution is 7.47. The number of rotatable bonds is 50. The van der Waals surface area contributed by atoms with Gasteiger partial charge in [-0.25, -0.2) is 4.57 Å². The third kappa shape index (κ3) is 46.8. The first-order valence-electron chi connectivity index (χ1n) is 25.5. The van der Waals surface area contributed by atoms with Gasteiger partial charge in [-0.3, -0.25) is 13.8 Å². The van der Waals surface area contributed by atoms with Crippen molar-refractivity contribution in [3.63, 3.8) is 0 Å². The van der Waals surface area contributed by atoms with Gasteiger partial charge in [0, 0.05) is 13.0 Å². The predicted molar refractivity (Wildman–Crippen MR) is 247 cm³/mol. The van der Waals surface area contributed by atoms with Crippen molar-refractivity contribution in [2.45, 2.75) is 276 Å². The highest BCUT2D eigenvalue weighted by Gasteiger charge is 2.26. The number of aliphatic hydroxyl groups excluding tert-OH is 2. The number of aliphatic hydroxyl groups is 2. The highest BCUT2D eigenvalue weighted by Crippen LogP contribution is 2.43. The van der Waals surface area contributed by atoms with E-state index in [1.54, 1.807) is 0 Å². The molecule has 0 spiro atoms. The van der Waals surface area contributed by atoms with E-state index in [0.717, 1.165) is 32.1 Å². The Morgan fingerprint density at radius 1 is 0.458 bits per heavy atom. The minimum Gasteiger partial charge on any atom is -0.457 e. The van der Waals surface area contributed by atoms with Crippen LogP contribution in [0.5, 0.6) is 0 Å². The van der Waals surface area contributed by atoms with E-state index in [9.17, 15) is 19.4 Å². The van der Waals surface area contributed by atoms with Crippen LogP contribution in [0.25, 0.3) is 0 Å². The summed E-state index contributed by atoms with van der Waals surface area (Å²) in [6, 6.07) is 0. The van der Waals surface area contributed by atoms with Crippen molar-refractivity contribution in [2.75, 3.05) is 33.0 Å². The van der Waals surface area contributed by atoms with E-state index in [2.05, 4.69) is 13.8 Å². The number of unbranched alkanes of at least 4 members (excludes halogenated alkanes) is 36. The van der Waals surface area contributed by atoms with Gasteiger partial charge >= 0.3 is 13.8 Å². The maximum absolute atomic E-state index is 12.7. The van der Waals surface area contributed by atoms with Crippen LogP contribution < -0.4 is 0 Å². The zero-order valence-electron chi connectivity index (χ0n) is 39.0. The molecule has 0 aromatic heterocycles. The Balaban J connectivity index is 3.99. The smallest absolute Gasteiger partial charge is 0.457 e. The lowest BCUT2D eigenvalue weighted by atomic mass is 10.0. The molecule has 9 nitrogen and oxygen atoms in total. The van der Waals surface area contributed by atoms with Crippen molar-refractivity contribution in [1.82, 2.24) is 0 Å². The summed E-state index contributed by atoms with van der Waals surface area (Å²) in [6.45, 7) is 3.60. The molecule has 354 valence electrons. The molecule has 0 fully saturated rings. The monoisotopic (exact) mass is 863 g/mol. The first-order chi connectivity index (χ1) is 28.8. The molecule has 0 radical (unpaired) electrons. The number of phosphoric ester groups is 1. The topological polar surface area (TPSA) is 132 Å². The lowest BCUT2D eigenvalue weighted by Gasteiger charge is -2.20. The van der Waals surface area contributed by atoms with Crippen LogP contribution in [0.3, 0.4) is 0 Å². The van der Waals surface area contributed by atoms with Crippen LogP contribution in [0.2, 0.25) is 0 Å². The fraction of sp³-hybridized carbons (Fsp3) is 0.980. The van der Waals surface area contributed by atoms with E-state index in [1.807, 2.05) is 0 Å². The first kappa shape index (κ1) is 58.5. The molecule has 0 aliphatic heterocycles. The van der Waals surface area contributed by atoms with Crippen LogP contribution in [0, 0.1) is 0 Å². The largest absolute Gasteiger partial charge is 0.472 e. The maximum atomic E-state index is 12.7. The van der Waals surface area contributed by atoms with Crippen molar-refractivity contribution in [3.05, 3.63) is 0 Å². The lowest BCUT2D eigenvalue weighted by Crippen LogP contribution is -2.29. The number of ether oxygens (including phenoxy) is 2. The molecule has 59 heavy (non-hydrogen) atoms. The minimum atomic E-state index is -4.51. The summed E-state index contributed by atoms with van der Waals surface area (Å²) in [5.74, 6) is -0.374. The SMILES string of the molecule is CCCCCCCCCCCCCCCCCCCCCCCCOCC(COP(=O)(O)OCC(O)CO)OC(=O)CCCCCCCCCCCCCCCCCC. The summed E-state index contributed by atoms with van der Waals surface area (Å²) < 4.78 is 33.5. The molecule has 10 heteroatoms. The lowest BCUT2D eigenvalue weighted by molar-refractivity contribution is -0.154. The molecule has 0 aromatic carbocycles. The molecular formula is C49H99O9P. The maximum Gasteiger partial charge on any atom is 0.472 e. The molecular weight excluding hydrogens is 764 g/mol. The zero-order valence-corrected chi connectivity index (χ0v) is 39.9. The number of hydrogen-bond donors (Lipinski definition) is 3. The quantitative estimate of drug-likeness (QED) is 0.0311. The van der Waals surface area contributed by atoms with Crippen molar-refractivity contribution in [2.24, 2.45) is 0 Å². The van der Waals surface area contributed by atoms with Gasteiger partial charge in [-0.1, -0.05) is 245 Å². The number of hydrogen-bond acceptors (Lipinski definition) is 8. The third-order valence-corrected chi connectivity index (χ3v) is 12.5. The van der Waals surface area contributed by atoms with Crippen molar-refractivity contribution in [1.29, 1.82) is 0 Å². The third-order valence-electron chi connectivity index (χ3n) is 11.5. The van der Waals surface area contributed by atoms with Gasteiger partial charge < -0.3 is 24.6 Å². The Morgan fingerprint density at radius 3 is 1.10 bits per heavy atom. The Labute approximate surface area is 365 Å². The average Bonchev–Trinajstić information content (AvgIpc) is 3.23. The Morgan fingerprint density at radius 2 is 0.763 bits per heavy atom. The molecule has 0 rings (SSSR count). The van der Waals surface area contributed by atoms with Gasteiger partial charge in [0.2, 0.25) is 0 Å². The fourth-order valence-corrected chi connectivity index (χ4v) is 8.44. The summed E-state index contributed by atoms with van der Waals surface area (Å²) in [6.07, 6.45) is 47.8. The molecule has 0 heterocycles. The van der Waals surface area contributed by atoms with Crippen LogP contribution in [0.1, 0.15) is 264 Å². The number of carbonyl (C=O) groups is 1. The Hall–Kier alpha value is -0.540. The molecule has 0 bridgehead atoms. The molecule has 0 aromatic rings. The normalized spacial score (nSPS) is 13.8. The summed E-state index contributed by atoms with van der Waals surface area (Å²) >= 11 is 0. The van der Waals surface area contributed by atoms with E-state index >= 15 is 0 Å².